The van der Waals surface area contributed by atoms with Crippen molar-refractivity contribution in [2.45, 2.75) is 78.3 Å². The number of rotatable bonds is 4. The maximum atomic E-state index is 3.89. The fraction of sp³-hybridized carbons (Fsp3) is 1.00. The third-order valence-electron chi connectivity index (χ3n) is 4.03. The van der Waals surface area contributed by atoms with Crippen molar-refractivity contribution in [3.05, 3.63) is 0 Å². The number of hydrogen-bond donors (Lipinski definition) is 1. The molecule has 1 aliphatic rings. The van der Waals surface area contributed by atoms with Gasteiger partial charge in [0.25, 0.3) is 0 Å². The molecule has 0 aromatic heterocycles. The smallest absolute Gasteiger partial charge is 0.00953 e. The minimum absolute atomic E-state index is 0.718. The molecule has 0 radical (unpaired) electrons. The molecule has 0 aliphatic heterocycles. The van der Waals surface area contributed by atoms with Crippen LogP contribution in [-0.4, -0.2) is 12.1 Å². The van der Waals surface area contributed by atoms with Gasteiger partial charge in [0.1, 0.15) is 0 Å². The Hall–Kier alpha value is -0.0400. The molecule has 0 aromatic carbocycles. The van der Waals surface area contributed by atoms with Gasteiger partial charge in [-0.25, -0.2) is 0 Å². The van der Waals surface area contributed by atoms with E-state index in [4.69, 9.17) is 0 Å². The van der Waals surface area contributed by atoms with Gasteiger partial charge >= 0.3 is 0 Å². The quantitative estimate of drug-likeness (QED) is 0.694. The maximum Gasteiger partial charge on any atom is 0.00953 e. The van der Waals surface area contributed by atoms with Gasteiger partial charge in [0.05, 0.1) is 0 Å². The van der Waals surface area contributed by atoms with Crippen LogP contribution in [0, 0.1) is 11.8 Å². The number of nitrogens with one attached hydrogen (secondary N) is 1. The maximum absolute atomic E-state index is 3.89. The van der Waals surface area contributed by atoms with Crippen LogP contribution in [0.25, 0.3) is 0 Å². The third-order valence-corrected chi connectivity index (χ3v) is 4.03. The Labute approximate surface area is 96.0 Å². The minimum Gasteiger partial charge on any atom is -0.311 e. The van der Waals surface area contributed by atoms with E-state index in [9.17, 15) is 0 Å². The molecule has 15 heavy (non-hydrogen) atoms. The molecule has 1 saturated carbocycles. The van der Waals surface area contributed by atoms with Crippen molar-refractivity contribution in [3.8, 4) is 0 Å². The Morgan fingerprint density at radius 3 is 2.40 bits per heavy atom. The van der Waals surface area contributed by atoms with E-state index >= 15 is 0 Å². The summed E-state index contributed by atoms with van der Waals surface area (Å²) in [5.74, 6) is 1.64. The van der Waals surface area contributed by atoms with Crippen molar-refractivity contribution in [1.29, 1.82) is 0 Å². The van der Waals surface area contributed by atoms with Crippen molar-refractivity contribution in [2.75, 3.05) is 0 Å². The summed E-state index contributed by atoms with van der Waals surface area (Å²) in [5.41, 5.74) is 0. The van der Waals surface area contributed by atoms with E-state index < -0.39 is 0 Å². The Balaban J connectivity index is 2.45. The summed E-state index contributed by atoms with van der Waals surface area (Å²) < 4.78 is 0. The van der Waals surface area contributed by atoms with E-state index in [0.29, 0.717) is 0 Å². The van der Waals surface area contributed by atoms with E-state index in [1.807, 2.05) is 0 Å². The van der Waals surface area contributed by atoms with Crippen molar-refractivity contribution in [2.24, 2.45) is 11.8 Å². The predicted molar refractivity (Wildman–Crippen MR) is 68.1 cm³/mol. The van der Waals surface area contributed by atoms with Gasteiger partial charge in [0.2, 0.25) is 0 Å². The molecule has 3 unspecified atom stereocenters. The molecule has 0 saturated heterocycles. The monoisotopic (exact) mass is 211 g/mol. The lowest BCUT2D eigenvalue weighted by Crippen LogP contribution is -2.43. The fourth-order valence-corrected chi connectivity index (χ4v) is 2.80. The Kier molecular flexibility index (Phi) is 5.66. The summed E-state index contributed by atoms with van der Waals surface area (Å²) in [6.45, 7) is 9.40. The second-order valence-electron chi connectivity index (χ2n) is 5.65. The summed E-state index contributed by atoms with van der Waals surface area (Å²) in [7, 11) is 0. The van der Waals surface area contributed by atoms with Gasteiger partial charge in [-0.15, -0.1) is 0 Å². The SMILES string of the molecule is CCC(NC1CCCCCC1C)C(C)C. The second kappa shape index (κ2) is 6.52. The highest BCUT2D eigenvalue weighted by atomic mass is 15.0. The summed E-state index contributed by atoms with van der Waals surface area (Å²) in [6.07, 6.45) is 8.40. The Bertz CT molecular complexity index is 165. The molecule has 0 spiro atoms. The zero-order chi connectivity index (χ0) is 11.3. The summed E-state index contributed by atoms with van der Waals surface area (Å²) in [6, 6.07) is 1.50. The zero-order valence-corrected chi connectivity index (χ0v) is 11.1. The third kappa shape index (κ3) is 4.14. The van der Waals surface area contributed by atoms with Crippen molar-refractivity contribution >= 4 is 0 Å². The van der Waals surface area contributed by atoms with Gasteiger partial charge in [0, 0.05) is 12.1 Å². The van der Waals surface area contributed by atoms with E-state index in [0.717, 1.165) is 23.9 Å². The molecule has 1 aliphatic carbocycles. The average Bonchev–Trinajstić information content (AvgIpc) is 2.39. The van der Waals surface area contributed by atoms with Crippen molar-refractivity contribution < 1.29 is 0 Å². The van der Waals surface area contributed by atoms with Gasteiger partial charge < -0.3 is 5.32 Å². The normalized spacial score (nSPS) is 30.2. The molecular weight excluding hydrogens is 182 g/mol. The molecule has 0 bridgehead atoms. The van der Waals surface area contributed by atoms with Crippen molar-refractivity contribution in [3.63, 3.8) is 0 Å². The first-order valence-electron chi connectivity index (χ1n) is 6.91. The van der Waals surface area contributed by atoms with Gasteiger partial charge in [-0.2, -0.15) is 0 Å². The van der Waals surface area contributed by atoms with Crippen LogP contribution in [0.4, 0.5) is 0 Å². The molecule has 0 amide bonds. The molecule has 1 nitrogen and oxygen atoms in total. The minimum atomic E-state index is 0.718. The van der Waals surface area contributed by atoms with Crippen LogP contribution in [0.15, 0.2) is 0 Å². The molecule has 90 valence electrons. The van der Waals surface area contributed by atoms with Crippen LogP contribution in [-0.2, 0) is 0 Å². The van der Waals surface area contributed by atoms with Crippen LogP contribution < -0.4 is 5.32 Å². The molecule has 1 rings (SSSR count). The van der Waals surface area contributed by atoms with Crippen LogP contribution in [0.2, 0.25) is 0 Å². The van der Waals surface area contributed by atoms with Gasteiger partial charge in [0.15, 0.2) is 0 Å². The van der Waals surface area contributed by atoms with E-state index in [2.05, 4.69) is 33.0 Å². The molecule has 1 fully saturated rings. The van der Waals surface area contributed by atoms with Gasteiger partial charge in [-0.1, -0.05) is 47.0 Å². The van der Waals surface area contributed by atoms with Crippen LogP contribution in [0.5, 0.6) is 0 Å². The van der Waals surface area contributed by atoms with E-state index in [1.54, 1.807) is 0 Å². The Morgan fingerprint density at radius 1 is 1.13 bits per heavy atom. The van der Waals surface area contributed by atoms with E-state index in [1.165, 1.54) is 38.5 Å². The Morgan fingerprint density at radius 2 is 1.80 bits per heavy atom. The van der Waals surface area contributed by atoms with Crippen LogP contribution in [0.1, 0.15) is 66.2 Å². The van der Waals surface area contributed by atoms with Gasteiger partial charge in [-0.3, -0.25) is 0 Å². The lowest BCUT2D eigenvalue weighted by molar-refractivity contribution is 0.278. The van der Waals surface area contributed by atoms with Crippen molar-refractivity contribution in [1.82, 2.24) is 5.32 Å². The van der Waals surface area contributed by atoms with Crippen LogP contribution in [0.3, 0.4) is 0 Å². The second-order valence-corrected chi connectivity index (χ2v) is 5.65. The first kappa shape index (κ1) is 13.0. The highest BCUT2D eigenvalue weighted by Crippen LogP contribution is 2.24. The topological polar surface area (TPSA) is 12.0 Å². The molecule has 1 N–H and O–H groups in total. The van der Waals surface area contributed by atoms with E-state index in [-0.39, 0.29) is 0 Å². The molecule has 0 aromatic rings. The summed E-state index contributed by atoms with van der Waals surface area (Å²) >= 11 is 0. The first-order chi connectivity index (χ1) is 7.15. The molecular formula is C14H29N. The standard InChI is InChI=1S/C14H29N/c1-5-13(11(2)3)15-14-10-8-6-7-9-12(14)4/h11-15H,5-10H2,1-4H3. The highest BCUT2D eigenvalue weighted by Gasteiger charge is 2.23. The average molecular weight is 211 g/mol. The summed E-state index contributed by atoms with van der Waals surface area (Å²) in [4.78, 5) is 0. The number of hydrogen-bond acceptors (Lipinski definition) is 1. The zero-order valence-electron chi connectivity index (χ0n) is 11.1. The molecule has 1 heteroatoms. The largest absolute Gasteiger partial charge is 0.311 e. The lowest BCUT2D eigenvalue weighted by atomic mass is 9.93. The highest BCUT2D eigenvalue weighted by molar-refractivity contribution is 4.81. The predicted octanol–water partition coefficient (Wildman–Crippen LogP) is 3.98. The molecule has 3 atom stereocenters. The van der Waals surface area contributed by atoms with Gasteiger partial charge in [-0.05, 0) is 31.1 Å². The lowest BCUT2D eigenvalue weighted by Gasteiger charge is -2.30. The van der Waals surface area contributed by atoms with Crippen LogP contribution >= 0.6 is 0 Å². The first-order valence-corrected chi connectivity index (χ1v) is 6.91. The summed E-state index contributed by atoms with van der Waals surface area (Å²) in [5, 5.41) is 3.89. The fourth-order valence-electron chi connectivity index (χ4n) is 2.80. The molecule has 0 heterocycles.